The van der Waals surface area contributed by atoms with Gasteiger partial charge in [0.2, 0.25) is 0 Å². The summed E-state index contributed by atoms with van der Waals surface area (Å²) in [5.41, 5.74) is -0.509. The van der Waals surface area contributed by atoms with E-state index in [-0.39, 0.29) is 0 Å². The maximum absolute atomic E-state index is 11.3. The first-order valence-corrected chi connectivity index (χ1v) is 7.40. The van der Waals surface area contributed by atoms with E-state index in [0.29, 0.717) is 6.04 Å². The number of hydrogen-bond acceptors (Lipinski definition) is 2. The van der Waals surface area contributed by atoms with Gasteiger partial charge in [-0.3, -0.25) is 9.69 Å². The van der Waals surface area contributed by atoms with Crippen LogP contribution in [0.25, 0.3) is 0 Å². The minimum absolute atomic E-state index is 0.509. The van der Waals surface area contributed by atoms with Crippen molar-refractivity contribution >= 4 is 5.97 Å². The molecule has 104 valence electrons. The van der Waals surface area contributed by atoms with Crippen LogP contribution in [0.5, 0.6) is 0 Å². The normalized spacial score (nSPS) is 30.9. The van der Waals surface area contributed by atoms with Crippen molar-refractivity contribution in [1.82, 2.24) is 4.90 Å². The van der Waals surface area contributed by atoms with Gasteiger partial charge in [0.15, 0.2) is 0 Å². The van der Waals surface area contributed by atoms with Gasteiger partial charge in [-0.15, -0.1) is 0 Å². The number of likely N-dealkylation sites (tertiary alicyclic amines) is 1. The van der Waals surface area contributed by atoms with E-state index in [2.05, 4.69) is 18.7 Å². The van der Waals surface area contributed by atoms with Crippen LogP contribution in [0.15, 0.2) is 0 Å². The molecular formula is C15H27NO2. The summed E-state index contributed by atoms with van der Waals surface area (Å²) in [6.07, 6.45) is 6.03. The Morgan fingerprint density at radius 2 is 2.06 bits per heavy atom. The van der Waals surface area contributed by atoms with Gasteiger partial charge in [0.1, 0.15) is 0 Å². The molecule has 0 radical (unpaired) electrons. The molecule has 2 rings (SSSR count). The molecular weight excluding hydrogens is 226 g/mol. The SMILES string of the molecule is CC(C)CCC(C1CC1)N1CCC(C)(C(=O)O)C1. The second-order valence-electron chi connectivity index (χ2n) is 6.96. The second kappa shape index (κ2) is 5.20. The van der Waals surface area contributed by atoms with Gasteiger partial charge in [-0.1, -0.05) is 13.8 Å². The molecule has 3 nitrogen and oxygen atoms in total. The molecule has 3 heteroatoms. The Balaban J connectivity index is 1.94. The lowest BCUT2D eigenvalue weighted by molar-refractivity contribution is -0.147. The van der Waals surface area contributed by atoms with Gasteiger partial charge in [-0.05, 0) is 57.4 Å². The van der Waals surface area contributed by atoms with Gasteiger partial charge >= 0.3 is 5.97 Å². The van der Waals surface area contributed by atoms with Gasteiger partial charge in [0.25, 0.3) is 0 Å². The van der Waals surface area contributed by atoms with Crippen molar-refractivity contribution in [2.24, 2.45) is 17.3 Å². The first-order valence-electron chi connectivity index (χ1n) is 7.40. The maximum Gasteiger partial charge on any atom is 0.310 e. The quantitative estimate of drug-likeness (QED) is 0.791. The zero-order valence-electron chi connectivity index (χ0n) is 12.0. The summed E-state index contributed by atoms with van der Waals surface area (Å²) in [6.45, 7) is 8.18. The van der Waals surface area contributed by atoms with Crippen LogP contribution in [0.2, 0.25) is 0 Å². The fourth-order valence-corrected chi connectivity index (χ4v) is 3.16. The van der Waals surface area contributed by atoms with Crippen molar-refractivity contribution in [3.63, 3.8) is 0 Å². The van der Waals surface area contributed by atoms with Crippen LogP contribution in [-0.2, 0) is 4.79 Å². The Labute approximate surface area is 111 Å². The van der Waals surface area contributed by atoms with E-state index in [0.717, 1.165) is 31.3 Å². The summed E-state index contributed by atoms with van der Waals surface area (Å²) in [5, 5.41) is 9.32. The molecule has 1 saturated carbocycles. The van der Waals surface area contributed by atoms with E-state index >= 15 is 0 Å². The first kappa shape index (κ1) is 13.9. The first-order chi connectivity index (χ1) is 8.42. The van der Waals surface area contributed by atoms with E-state index < -0.39 is 11.4 Å². The average molecular weight is 253 g/mol. The van der Waals surface area contributed by atoms with Crippen molar-refractivity contribution < 1.29 is 9.90 Å². The average Bonchev–Trinajstić information content (AvgIpc) is 3.02. The summed E-state index contributed by atoms with van der Waals surface area (Å²) < 4.78 is 0. The van der Waals surface area contributed by atoms with E-state index in [9.17, 15) is 9.90 Å². The molecule has 1 aliphatic heterocycles. The third kappa shape index (κ3) is 3.05. The number of carbonyl (C=O) groups is 1. The summed E-state index contributed by atoms with van der Waals surface area (Å²) >= 11 is 0. The van der Waals surface area contributed by atoms with Crippen LogP contribution in [-0.4, -0.2) is 35.1 Å². The molecule has 18 heavy (non-hydrogen) atoms. The number of hydrogen-bond donors (Lipinski definition) is 1. The van der Waals surface area contributed by atoms with Gasteiger partial charge in [-0.25, -0.2) is 0 Å². The molecule has 0 aromatic rings. The fourth-order valence-electron chi connectivity index (χ4n) is 3.16. The number of carboxylic acids is 1. The molecule has 0 spiro atoms. The van der Waals surface area contributed by atoms with E-state index in [1.54, 1.807) is 0 Å². The highest BCUT2D eigenvalue weighted by molar-refractivity contribution is 5.74. The summed E-state index contributed by atoms with van der Waals surface area (Å²) in [6, 6.07) is 0.647. The van der Waals surface area contributed by atoms with Crippen LogP contribution in [0.1, 0.15) is 52.9 Å². The van der Waals surface area contributed by atoms with Crippen molar-refractivity contribution in [3.05, 3.63) is 0 Å². The molecule has 2 atom stereocenters. The molecule has 0 bridgehead atoms. The third-order valence-corrected chi connectivity index (χ3v) is 4.69. The number of nitrogens with zero attached hydrogens (tertiary/aromatic N) is 1. The standard InChI is InChI=1S/C15H27NO2/c1-11(2)4-7-13(12-5-6-12)16-9-8-15(3,10-16)14(17)18/h11-13H,4-10H2,1-3H3,(H,17,18). The van der Waals surface area contributed by atoms with Crippen LogP contribution >= 0.6 is 0 Å². The topological polar surface area (TPSA) is 40.5 Å². The summed E-state index contributed by atoms with van der Waals surface area (Å²) in [7, 11) is 0. The molecule has 0 aromatic heterocycles. The van der Waals surface area contributed by atoms with Crippen molar-refractivity contribution in [3.8, 4) is 0 Å². The van der Waals surface area contributed by atoms with Gasteiger partial charge in [0, 0.05) is 12.6 Å². The zero-order chi connectivity index (χ0) is 13.3. The van der Waals surface area contributed by atoms with Crippen LogP contribution in [0, 0.1) is 17.3 Å². The number of rotatable bonds is 6. The molecule has 0 aromatic carbocycles. The van der Waals surface area contributed by atoms with Crippen molar-refractivity contribution in [2.45, 2.75) is 58.9 Å². The zero-order valence-corrected chi connectivity index (χ0v) is 12.0. The molecule has 1 N–H and O–H groups in total. The van der Waals surface area contributed by atoms with Crippen molar-refractivity contribution in [1.29, 1.82) is 0 Å². The lowest BCUT2D eigenvalue weighted by atomic mass is 9.90. The second-order valence-corrected chi connectivity index (χ2v) is 6.96. The van der Waals surface area contributed by atoms with Gasteiger partial charge in [0.05, 0.1) is 5.41 Å². The van der Waals surface area contributed by atoms with Crippen LogP contribution < -0.4 is 0 Å². The molecule has 0 amide bonds. The number of carboxylic acid groups (broad SMARTS) is 1. The van der Waals surface area contributed by atoms with E-state index in [1.807, 2.05) is 6.92 Å². The van der Waals surface area contributed by atoms with Gasteiger partial charge < -0.3 is 5.11 Å². The monoisotopic (exact) mass is 253 g/mol. The highest BCUT2D eigenvalue weighted by atomic mass is 16.4. The Bertz CT molecular complexity index is 312. The number of aliphatic carboxylic acids is 1. The molecule has 2 unspecified atom stereocenters. The Hall–Kier alpha value is -0.570. The summed E-state index contributed by atoms with van der Waals surface area (Å²) in [4.78, 5) is 13.8. The molecule has 1 saturated heterocycles. The highest BCUT2D eigenvalue weighted by Gasteiger charge is 2.45. The Kier molecular flexibility index (Phi) is 4.00. The largest absolute Gasteiger partial charge is 0.481 e. The Morgan fingerprint density at radius 1 is 1.39 bits per heavy atom. The van der Waals surface area contributed by atoms with Crippen LogP contribution in [0.3, 0.4) is 0 Å². The van der Waals surface area contributed by atoms with Crippen LogP contribution in [0.4, 0.5) is 0 Å². The van der Waals surface area contributed by atoms with E-state index in [4.69, 9.17) is 0 Å². The highest BCUT2D eigenvalue weighted by Crippen LogP contribution is 2.42. The lowest BCUT2D eigenvalue weighted by Gasteiger charge is -2.29. The smallest absolute Gasteiger partial charge is 0.310 e. The van der Waals surface area contributed by atoms with E-state index in [1.165, 1.54) is 25.7 Å². The fraction of sp³-hybridized carbons (Fsp3) is 0.933. The minimum Gasteiger partial charge on any atom is -0.481 e. The van der Waals surface area contributed by atoms with Gasteiger partial charge in [-0.2, -0.15) is 0 Å². The Morgan fingerprint density at radius 3 is 2.50 bits per heavy atom. The molecule has 1 aliphatic carbocycles. The molecule has 2 fully saturated rings. The summed E-state index contributed by atoms with van der Waals surface area (Å²) in [5.74, 6) is 0.975. The lowest BCUT2D eigenvalue weighted by Crippen LogP contribution is -2.38. The van der Waals surface area contributed by atoms with Crippen molar-refractivity contribution in [2.75, 3.05) is 13.1 Å². The third-order valence-electron chi connectivity index (χ3n) is 4.69. The predicted octanol–water partition coefficient (Wildman–Crippen LogP) is 3.00. The maximum atomic E-state index is 11.3. The minimum atomic E-state index is -0.622. The molecule has 2 aliphatic rings. The molecule has 1 heterocycles. The predicted molar refractivity (Wildman–Crippen MR) is 72.5 cm³/mol.